The number of hydrogen-bond acceptors (Lipinski definition) is 5. The number of rotatable bonds is 5. The highest BCUT2D eigenvalue weighted by Crippen LogP contribution is 2.23. The monoisotopic (exact) mass is 414 g/mol. The van der Waals surface area contributed by atoms with Gasteiger partial charge in [-0.2, -0.15) is 0 Å². The molecule has 0 unspecified atom stereocenters. The highest BCUT2D eigenvalue weighted by Gasteiger charge is 2.21. The summed E-state index contributed by atoms with van der Waals surface area (Å²) >= 11 is 0. The number of benzene rings is 2. The van der Waals surface area contributed by atoms with Crippen LogP contribution in [-0.4, -0.2) is 54.1 Å². The van der Waals surface area contributed by atoms with Crippen molar-refractivity contribution in [2.45, 2.75) is 6.92 Å². The number of methoxy groups -OCH3 is 1. The van der Waals surface area contributed by atoms with Gasteiger partial charge < -0.3 is 14.5 Å². The minimum Gasteiger partial charge on any atom is -0.496 e. The van der Waals surface area contributed by atoms with Crippen molar-refractivity contribution in [2.75, 3.05) is 38.2 Å². The molecule has 31 heavy (non-hydrogen) atoms. The zero-order valence-corrected chi connectivity index (χ0v) is 17.9. The van der Waals surface area contributed by atoms with Crippen LogP contribution >= 0.6 is 0 Å². The fraction of sp³-hybridized carbons (Fsp3) is 0.240. The maximum atomic E-state index is 12.6. The van der Waals surface area contributed by atoms with Gasteiger partial charge in [-0.1, -0.05) is 42.0 Å². The largest absolute Gasteiger partial charge is 0.496 e. The van der Waals surface area contributed by atoms with Crippen molar-refractivity contribution in [3.63, 3.8) is 0 Å². The second-order valence-electron chi connectivity index (χ2n) is 7.52. The maximum Gasteiger partial charge on any atom is 0.246 e. The Labute approximate surface area is 182 Å². The summed E-state index contributed by atoms with van der Waals surface area (Å²) in [5.41, 5.74) is 4.08. The molecule has 2 heterocycles. The lowest BCUT2D eigenvalue weighted by molar-refractivity contribution is -0.126. The summed E-state index contributed by atoms with van der Waals surface area (Å²) in [5, 5.41) is 0. The third-order valence-corrected chi connectivity index (χ3v) is 5.43. The molecular weight excluding hydrogens is 388 g/mol. The summed E-state index contributed by atoms with van der Waals surface area (Å²) in [7, 11) is 1.63. The summed E-state index contributed by atoms with van der Waals surface area (Å²) in [5.74, 6) is 1.65. The third-order valence-electron chi connectivity index (χ3n) is 5.43. The quantitative estimate of drug-likeness (QED) is 0.594. The normalized spacial score (nSPS) is 14.1. The molecular formula is C25H26N4O2. The Bertz CT molecular complexity index is 1090. The lowest BCUT2D eigenvalue weighted by atomic mass is 10.1. The molecule has 4 rings (SSSR count). The van der Waals surface area contributed by atoms with Gasteiger partial charge in [0.05, 0.1) is 12.8 Å². The Hall–Kier alpha value is -3.67. The highest BCUT2D eigenvalue weighted by atomic mass is 16.5. The van der Waals surface area contributed by atoms with Gasteiger partial charge in [0.15, 0.2) is 0 Å². The van der Waals surface area contributed by atoms with Gasteiger partial charge in [-0.25, -0.2) is 9.97 Å². The standard InChI is InChI=1S/C25H26N4O2/c1-19-6-5-8-21(16-19)22-17-24(27-18-26-22)28-12-14-29(15-13-28)25(30)11-10-20-7-3-4-9-23(20)31-2/h3-11,16-18H,12-15H2,1-2H3/b11-10+. The van der Waals surface area contributed by atoms with E-state index in [1.165, 1.54) is 5.56 Å². The molecule has 1 fully saturated rings. The van der Waals surface area contributed by atoms with Crippen LogP contribution < -0.4 is 9.64 Å². The van der Waals surface area contributed by atoms with E-state index in [2.05, 4.69) is 40.0 Å². The Balaban J connectivity index is 1.39. The lowest BCUT2D eigenvalue weighted by Gasteiger charge is -2.35. The van der Waals surface area contributed by atoms with Gasteiger partial charge in [-0.05, 0) is 25.1 Å². The molecule has 0 N–H and O–H groups in total. The highest BCUT2D eigenvalue weighted by molar-refractivity contribution is 5.92. The first-order chi connectivity index (χ1) is 15.1. The number of piperazine rings is 1. The van der Waals surface area contributed by atoms with Crippen molar-refractivity contribution in [3.8, 4) is 17.0 Å². The maximum absolute atomic E-state index is 12.6. The Morgan fingerprint density at radius 3 is 2.58 bits per heavy atom. The van der Waals surface area contributed by atoms with Crippen LogP contribution in [0.1, 0.15) is 11.1 Å². The first kappa shape index (κ1) is 20.6. The van der Waals surface area contributed by atoms with Crippen molar-refractivity contribution in [1.82, 2.24) is 14.9 Å². The Kier molecular flexibility index (Phi) is 6.26. The second kappa shape index (κ2) is 9.43. The Morgan fingerprint density at radius 1 is 1.00 bits per heavy atom. The fourth-order valence-electron chi connectivity index (χ4n) is 3.71. The predicted molar refractivity (Wildman–Crippen MR) is 123 cm³/mol. The molecule has 0 aliphatic carbocycles. The van der Waals surface area contributed by atoms with Crippen LogP contribution in [0, 0.1) is 6.92 Å². The molecule has 1 saturated heterocycles. The number of hydrogen-bond donors (Lipinski definition) is 0. The van der Waals surface area contributed by atoms with Gasteiger partial charge >= 0.3 is 0 Å². The first-order valence-corrected chi connectivity index (χ1v) is 10.4. The van der Waals surface area contributed by atoms with Gasteiger partial charge in [0.1, 0.15) is 17.9 Å². The molecule has 0 spiro atoms. The number of ether oxygens (including phenoxy) is 1. The van der Waals surface area contributed by atoms with Crippen LogP contribution in [0.4, 0.5) is 5.82 Å². The number of para-hydroxylation sites is 1. The molecule has 2 aromatic carbocycles. The van der Waals surface area contributed by atoms with Crippen LogP contribution in [0.15, 0.2) is 67.0 Å². The minimum atomic E-state index is 0.00805. The van der Waals surface area contributed by atoms with Crippen molar-refractivity contribution >= 4 is 17.8 Å². The molecule has 6 nitrogen and oxygen atoms in total. The summed E-state index contributed by atoms with van der Waals surface area (Å²) in [6.45, 7) is 4.85. The van der Waals surface area contributed by atoms with E-state index in [9.17, 15) is 4.79 Å². The number of nitrogens with zero attached hydrogens (tertiary/aromatic N) is 4. The van der Waals surface area contributed by atoms with Crippen molar-refractivity contribution < 1.29 is 9.53 Å². The van der Waals surface area contributed by atoms with E-state index in [0.29, 0.717) is 13.1 Å². The number of carbonyl (C=O) groups is 1. The zero-order valence-electron chi connectivity index (χ0n) is 17.9. The van der Waals surface area contributed by atoms with Gasteiger partial charge in [0.2, 0.25) is 5.91 Å². The molecule has 1 aliphatic heterocycles. The zero-order chi connectivity index (χ0) is 21.6. The fourth-order valence-corrected chi connectivity index (χ4v) is 3.71. The van der Waals surface area contributed by atoms with Crippen molar-refractivity contribution in [1.29, 1.82) is 0 Å². The molecule has 3 aromatic rings. The molecule has 6 heteroatoms. The van der Waals surface area contributed by atoms with E-state index in [0.717, 1.165) is 41.5 Å². The van der Waals surface area contributed by atoms with E-state index < -0.39 is 0 Å². The summed E-state index contributed by atoms with van der Waals surface area (Å²) in [4.78, 5) is 25.6. The SMILES string of the molecule is COc1ccccc1/C=C/C(=O)N1CCN(c2cc(-c3cccc(C)c3)ncn2)CC1. The first-order valence-electron chi connectivity index (χ1n) is 10.4. The molecule has 0 bridgehead atoms. The molecule has 1 aromatic heterocycles. The average molecular weight is 415 g/mol. The number of aromatic nitrogens is 2. The van der Waals surface area contributed by atoms with Gasteiger partial charge in [0.25, 0.3) is 0 Å². The van der Waals surface area contributed by atoms with E-state index in [-0.39, 0.29) is 5.91 Å². The van der Waals surface area contributed by atoms with Crippen LogP contribution in [0.3, 0.4) is 0 Å². The molecule has 158 valence electrons. The lowest BCUT2D eigenvalue weighted by Crippen LogP contribution is -2.48. The van der Waals surface area contributed by atoms with Crippen LogP contribution in [0.25, 0.3) is 17.3 Å². The van der Waals surface area contributed by atoms with E-state index in [4.69, 9.17) is 4.74 Å². The third kappa shape index (κ3) is 4.91. The van der Waals surface area contributed by atoms with Crippen LogP contribution in [-0.2, 0) is 4.79 Å². The smallest absolute Gasteiger partial charge is 0.246 e. The predicted octanol–water partition coefficient (Wildman–Crippen LogP) is 3.82. The number of amides is 1. The van der Waals surface area contributed by atoms with Crippen molar-refractivity contribution in [3.05, 3.63) is 78.1 Å². The second-order valence-corrected chi connectivity index (χ2v) is 7.52. The number of aryl methyl sites for hydroxylation is 1. The van der Waals surface area contributed by atoms with E-state index in [1.807, 2.05) is 47.4 Å². The van der Waals surface area contributed by atoms with Gasteiger partial charge in [-0.3, -0.25) is 4.79 Å². The number of anilines is 1. The summed E-state index contributed by atoms with van der Waals surface area (Å²) in [6, 6.07) is 18.0. The molecule has 1 aliphatic rings. The summed E-state index contributed by atoms with van der Waals surface area (Å²) in [6.07, 6.45) is 5.04. The molecule has 0 radical (unpaired) electrons. The molecule has 0 atom stereocenters. The van der Waals surface area contributed by atoms with Gasteiger partial charge in [-0.15, -0.1) is 0 Å². The average Bonchev–Trinajstić information content (AvgIpc) is 2.83. The Morgan fingerprint density at radius 2 is 1.81 bits per heavy atom. The van der Waals surface area contributed by atoms with Crippen LogP contribution in [0.2, 0.25) is 0 Å². The minimum absolute atomic E-state index is 0.00805. The van der Waals surface area contributed by atoms with Crippen molar-refractivity contribution in [2.24, 2.45) is 0 Å². The number of carbonyl (C=O) groups excluding carboxylic acids is 1. The van der Waals surface area contributed by atoms with Crippen LogP contribution in [0.5, 0.6) is 5.75 Å². The van der Waals surface area contributed by atoms with E-state index >= 15 is 0 Å². The topological polar surface area (TPSA) is 58.6 Å². The molecule has 1 amide bonds. The molecule has 0 saturated carbocycles. The van der Waals surface area contributed by atoms with Gasteiger partial charge in [0, 0.05) is 49.4 Å². The summed E-state index contributed by atoms with van der Waals surface area (Å²) < 4.78 is 5.34. The van der Waals surface area contributed by atoms with E-state index in [1.54, 1.807) is 19.5 Å².